The molecule has 0 N–H and O–H groups in total. The third-order valence-corrected chi connectivity index (χ3v) is 9.82. The molecule has 14 heteroatoms. The smallest absolute Gasteiger partial charge is 0.350 e. The van der Waals surface area contributed by atoms with Crippen LogP contribution in [0.1, 0.15) is 37.7 Å². The van der Waals surface area contributed by atoms with Crippen molar-refractivity contribution in [1.29, 1.82) is 0 Å². The van der Waals surface area contributed by atoms with Gasteiger partial charge in [-0.3, -0.25) is 4.79 Å². The summed E-state index contributed by atoms with van der Waals surface area (Å²) in [6, 6.07) is 6.35. The highest BCUT2D eigenvalue weighted by Gasteiger charge is 2.33. The van der Waals surface area contributed by atoms with Gasteiger partial charge in [-0.15, -0.1) is 0 Å². The molecule has 0 unspecified atom stereocenters. The number of hydrogen-bond donors (Lipinski definition) is 0. The lowest BCUT2D eigenvalue weighted by Crippen LogP contribution is -2.54. The van der Waals surface area contributed by atoms with Gasteiger partial charge >= 0.3 is 5.69 Å². The number of hydrogen-bond acceptors (Lipinski definition) is 8. The minimum atomic E-state index is -3.97. The van der Waals surface area contributed by atoms with Gasteiger partial charge in [0.1, 0.15) is 23.1 Å². The van der Waals surface area contributed by atoms with Crippen molar-refractivity contribution in [3.63, 3.8) is 0 Å². The minimum absolute atomic E-state index is 0.00333. The molecule has 1 aliphatic carbocycles. The SMILES string of the molecule is C=CC(=O)N1CCN(c2nc(=O)n(-c3c(C4CCC4)ccnc3S(C)(=O)=O)c3nc(-c4cccc(F)c4Cl)c(F)cc23)[C@@H](C)C1. The molecule has 0 bridgehead atoms. The van der Waals surface area contributed by atoms with Crippen molar-refractivity contribution in [3.8, 4) is 16.9 Å². The molecule has 1 saturated heterocycles. The van der Waals surface area contributed by atoms with Gasteiger partial charge in [-0.1, -0.05) is 36.7 Å². The Bertz CT molecular complexity index is 2050. The number of fused-ring (bicyclic) bond motifs is 1. The van der Waals surface area contributed by atoms with Gasteiger partial charge in [0.25, 0.3) is 0 Å². The van der Waals surface area contributed by atoms with Crippen LogP contribution in [0.15, 0.2) is 59.0 Å². The van der Waals surface area contributed by atoms with E-state index in [4.69, 9.17) is 11.6 Å². The van der Waals surface area contributed by atoms with E-state index in [-0.39, 0.29) is 74.8 Å². The molecule has 0 spiro atoms. The molecule has 1 aromatic carbocycles. The van der Waals surface area contributed by atoms with Gasteiger partial charge in [-0.25, -0.2) is 36.5 Å². The lowest BCUT2D eigenvalue weighted by atomic mass is 9.79. The molecule has 0 radical (unpaired) electrons. The number of anilines is 1. The van der Waals surface area contributed by atoms with Crippen LogP contribution in [-0.4, -0.2) is 70.7 Å². The molecule has 10 nitrogen and oxygen atoms in total. The zero-order valence-electron chi connectivity index (χ0n) is 24.5. The molecule has 6 rings (SSSR count). The second-order valence-corrected chi connectivity index (χ2v) is 13.6. The van der Waals surface area contributed by atoms with Gasteiger partial charge in [0.2, 0.25) is 5.91 Å². The number of piperazine rings is 1. The molecule has 1 saturated carbocycles. The van der Waals surface area contributed by atoms with Gasteiger partial charge in [0.05, 0.1) is 16.1 Å². The predicted octanol–water partition coefficient (Wildman–Crippen LogP) is 4.67. The van der Waals surface area contributed by atoms with E-state index in [0.29, 0.717) is 12.1 Å². The lowest BCUT2D eigenvalue weighted by molar-refractivity contribution is -0.126. The van der Waals surface area contributed by atoms with Gasteiger partial charge in [0.15, 0.2) is 20.5 Å². The Morgan fingerprint density at radius 3 is 2.53 bits per heavy atom. The molecule has 1 aliphatic heterocycles. The summed E-state index contributed by atoms with van der Waals surface area (Å²) in [6.45, 7) is 6.23. The third-order valence-electron chi connectivity index (χ3n) is 8.44. The number of amides is 1. The quantitative estimate of drug-likeness (QED) is 0.276. The van der Waals surface area contributed by atoms with Crippen LogP contribution in [0.3, 0.4) is 0 Å². The van der Waals surface area contributed by atoms with Crippen molar-refractivity contribution in [2.24, 2.45) is 0 Å². The second kappa shape index (κ2) is 11.6. The Kier molecular flexibility index (Phi) is 7.94. The molecular formula is C31H29ClF2N6O4S. The summed E-state index contributed by atoms with van der Waals surface area (Å²) in [6.07, 6.45) is 6.08. The highest BCUT2D eigenvalue weighted by atomic mass is 35.5. The van der Waals surface area contributed by atoms with E-state index >= 15 is 4.39 Å². The Hall–Kier alpha value is -4.23. The first kappa shape index (κ1) is 30.8. The maximum Gasteiger partial charge on any atom is 0.355 e. The topological polar surface area (TPSA) is 118 Å². The maximum atomic E-state index is 16.0. The zero-order valence-corrected chi connectivity index (χ0v) is 26.1. The van der Waals surface area contributed by atoms with Gasteiger partial charge in [-0.2, -0.15) is 4.98 Å². The molecule has 1 atom stereocenters. The van der Waals surface area contributed by atoms with E-state index in [1.165, 1.54) is 24.4 Å². The Labute approximate surface area is 262 Å². The van der Waals surface area contributed by atoms with Crippen molar-refractivity contribution in [2.75, 3.05) is 30.8 Å². The van der Waals surface area contributed by atoms with Crippen molar-refractivity contribution >= 4 is 44.2 Å². The molecule has 234 valence electrons. The molecule has 4 heterocycles. The molecule has 4 aromatic rings. The first-order valence-electron chi connectivity index (χ1n) is 14.4. The van der Waals surface area contributed by atoms with E-state index in [1.807, 2.05) is 6.92 Å². The van der Waals surface area contributed by atoms with E-state index < -0.39 is 27.2 Å². The first-order valence-corrected chi connectivity index (χ1v) is 16.6. The van der Waals surface area contributed by atoms with E-state index in [0.717, 1.165) is 42.2 Å². The van der Waals surface area contributed by atoms with E-state index in [2.05, 4.69) is 21.5 Å². The van der Waals surface area contributed by atoms with Crippen molar-refractivity contribution < 1.29 is 22.0 Å². The summed E-state index contributed by atoms with van der Waals surface area (Å²) in [4.78, 5) is 42.9. The molecule has 1 amide bonds. The van der Waals surface area contributed by atoms with Crippen molar-refractivity contribution in [1.82, 2.24) is 24.4 Å². The van der Waals surface area contributed by atoms with Crippen LogP contribution >= 0.6 is 11.6 Å². The summed E-state index contributed by atoms with van der Waals surface area (Å²) in [5, 5.41) is -0.593. The van der Waals surface area contributed by atoms with Crippen LogP contribution in [0.5, 0.6) is 0 Å². The van der Waals surface area contributed by atoms with Gasteiger partial charge in [-0.05, 0) is 55.5 Å². The number of carbonyl (C=O) groups is 1. The fourth-order valence-corrected chi connectivity index (χ4v) is 7.02. The number of halogens is 3. The fourth-order valence-electron chi connectivity index (χ4n) is 6.00. The van der Waals surface area contributed by atoms with E-state index in [9.17, 15) is 22.4 Å². The number of rotatable bonds is 6. The summed E-state index contributed by atoms with van der Waals surface area (Å²) in [5.74, 6) is -1.82. The number of aromatic nitrogens is 4. The summed E-state index contributed by atoms with van der Waals surface area (Å²) >= 11 is 6.24. The first-order chi connectivity index (χ1) is 21.4. The average molecular weight is 655 g/mol. The standard InChI is InChI=1S/C31H29ClF2N6O4S/c1-4-24(41)38-13-14-39(17(2)16-38)28-21-15-23(34)26(20-9-6-10-22(33)25(20)32)36-29(21)40(31(42)37-28)27-19(18-7-5-8-18)11-12-35-30(27)45(3,43)44/h4,6,9-12,15,17-18H,1,5,7-8,13-14,16H2,2-3H3/t17-/m0/s1. The summed E-state index contributed by atoms with van der Waals surface area (Å²) < 4.78 is 57.7. The Balaban J connectivity index is 1.68. The zero-order chi connectivity index (χ0) is 32.2. The molecular weight excluding hydrogens is 626 g/mol. The number of carbonyl (C=O) groups excluding carboxylic acids is 1. The Morgan fingerprint density at radius 1 is 1.13 bits per heavy atom. The summed E-state index contributed by atoms with van der Waals surface area (Å²) in [5.41, 5.74) is -0.756. The van der Waals surface area contributed by atoms with Crippen LogP contribution in [0.2, 0.25) is 5.02 Å². The highest BCUT2D eigenvalue weighted by Crippen LogP contribution is 2.42. The Morgan fingerprint density at radius 2 is 1.89 bits per heavy atom. The van der Waals surface area contributed by atoms with Crippen LogP contribution in [0.25, 0.3) is 28.0 Å². The van der Waals surface area contributed by atoms with Crippen molar-refractivity contribution in [2.45, 2.75) is 43.2 Å². The molecule has 45 heavy (non-hydrogen) atoms. The molecule has 2 aliphatic rings. The monoisotopic (exact) mass is 654 g/mol. The number of pyridine rings is 2. The normalized spacial score (nSPS) is 17.4. The van der Waals surface area contributed by atoms with Crippen LogP contribution in [0.4, 0.5) is 14.6 Å². The predicted molar refractivity (Wildman–Crippen MR) is 167 cm³/mol. The number of sulfone groups is 1. The summed E-state index contributed by atoms with van der Waals surface area (Å²) in [7, 11) is -3.97. The van der Waals surface area contributed by atoms with Crippen LogP contribution < -0.4 is 10.6 Å². The van der Waals surface area contributed by atoms with Crippen LogP contribution in [-0.2, 0) is 14.6 Å². The number of benzene rings is 1. The fraction of sp³-hybridized carbons (Fsp3) is 0.323. The molecule has 2 fully saturated rings. The number of nitrogens with zero attached hydrogens (tertiary/aromatic N) is 6. The lowest BCUT2D eigenvalue weighted by Gasteiger charge is -2.40. The maximum absolute atomic E-state index is 16.0. The van der Waals surface area contributed by atoms with Crippen LogP contribution in [0, 0.1) is 11.6 Å². The minimum Gasteiger partial charge on any atom is -0.350 e. The van der Waals surface area contributed by atoms with Crippen molar-refractivity contribution in [3.05, 3.63) is 81.9 Å². The molecule has 3 aromatic heterocycles. The largest absolute Gasteiger partial charge is 0.355 e. The highest BCUT2D eigenvalue weighted by molar-refractivity contribution is 7.90. The third kappa shape index (κ3) is 5.37. The second-order valence-electron chi connectivity index (χ2n) is 11.3. The van der Waals surface area contributed by atoms with Gasteiger partial charge in [0, 0.05) is 43.7 Å². The van der Waals surface area contributed by atoms with E-state index in [1.54, 1.807) is 15.9 Å². The average Bonchev–Trinajstić information content (AvgIpc) is 2.97. The van der Waals surface area contributed by atoms with Gasteiger partial charge < -0.3 is 9.80 Å².